The van der Waals surface area contributed by atoms with Gasteiger partial charge in [0, 0.05) is 33.0 Å². The zero-order valence-electron chi connectivity index (χ0n) is 18.2. The molecule has 1 amide bonds. The summed E-state index contributed by atoms with van der Waals surface area (Å²) in [4.78, 5) is 28.7. The Hall–Kier alpha value is -2.50. The Morgan fingerprint density at radius 3 is 2.58 bits per heavy atom. The van der Waals surface area contributed by atoms with Crippen molar-refractivity contribution in [3.8, 4) is 0 Å². The second-order valence-corrected chi connectivity index (χ2v) is 9.86. The minimum atomic E-state index is -3.62. The highest BCUT2D eigenvalue weighted by molar-refractivity contribution is 7.89. The summed E-state index contributed by atoms with van der Waals surface area (Å²) in [6.45, 7) is 4.55. The SMILES string of the molecule is COC(=O)C(C)(C)NC(=O)CCc1nc2cc(S(=O)(=O)N3CCOCC3)ccc2n1C. The van der Waals surface area contributed by atoms with Crippen LogP contribution in [0.1, 0.15) is 26.1 Å². The summed E-state index contributed by atoms with van der Waals surface area (Å²) in [5.74, 6) is -0.197. The van der Waals surface area contributed by atoms with Crippen LogP contribution < -0.4 is 5.32 Å². The number of fused-ring (bicyclic) bond motifs is 1. The van der Waals surface area contributed by atoms with E-state index in [0.29, 0.717) is 44.1 Å². The highest BCUT2D eigenvalue weighted by atomic mass is 32.2. The number of aromatic nitrogens is 2. The van der Waals surface area contributed by atoms with Gasteiger partial charge < -0.3 is 19.4 Å². The maximum Gasteiger partial charge on any atom is 0.330 e. The molecule has 10 nitrogen and oxygen atoms in total. The molecular formula is C20H28N4O6S. The minimum Gasteiger partial charge on any atom is -0.467 e. The first-order valence-corrected chi connectivity index (χ1v) is 11.4. The third kappa shape index (κ3) is 4.89. The van der Waals surface area contributed by atoms with E-state index in [1.165, 1.54) is 11.4 Å². The zero-order chi connectivity index (χ0) is 22.8. The van der Waals surface area contributed by atoms with Crippen LogP contribution in [0.2, 0.25) is 0 Å². The van der Waals surface area contributed by atoms with Gasteiger partial charge in [-0.2, -0.15) is 4.31 Å². The maximum atomic E-state index is 12.9. The molecule has 3 rings (SSSR count). The standard InChI is InChI=1S/C20H28N4O6S/c1-20(2,19(26)29-4)22-18(25)8-7-17-21-15-13-14(5-6-16(15)23(17)3)31(27,28)24-9-11-30-12-10-24/h5-6,13H,7-12H2,1-4H3,(H,22,25). The van der Waals surface area contributed by atoms with Crippen molar-refractivity contribution in [1.82, 2.24) is 19.2 Å². The van der Waals surface area contributed by atoms with Crippen molar-refractivity contribution >= 4 is 32.9 Å². The van der Waals surface area contributed by atoms with Gasteiger partial charge >= 0.3 is 5.97 Å². The van der Waals surface area contributed by atoms with Gasteiger partial charge in [0.05, 0.1) is 36.3 Å². The fourth-order valence-corrected chi connectivity index (χ4v) is 4.92. The van der Waals surface area contributed by atoms with Crippen molar-refractivity contribution < 1.29 is 27.5 Å². The number of methoxy groups -OCH3 is 1. The Morgan fingerprint density at radius 1 is 1.26 bits per heavy atom. The summed E-state index contributed by atoms with van der Waals surface area (Å²) < 4.78 is 39.0. The monoisotopic (exact) mass is 452 g/mol. The van der Waals surface area contributed by atoms with Crippen molar-refractivity contribution in [3.63, 3.8) is 0 Å². The Kier molecular flexibility index (Phi) is 6.68. The molecule has 0 aliphatic carbocycles. The Balaban J connectivity index is 1.75. The molecule has 2 heterocycles. The molecule has 1 saturated heterocycles. The number of imidazole rings is 1. The summed E-state index contributed by atoms with van der Waals surface area (Å²) in [5.41, 5.74) is 0.189. The molecule has 0 bridgehead atoms. The fraction of sp³-hybridized carbons (Fsp3) is 0.550. The van der Waals surface area contributed by atoms with E-state index in [2.05, 4.69) is 10.3 Å². The van der Waals surface area contributed by atoms with Gasteiger partial charge in [-0.15, -0.1) is 0 Å². The number of rotatable bonds is 7. The van der Waals surface area contributed by atoms with Gasteiger partial charge in [-0.05, 0) is 32.0 Å². The predicted octanol–water partition coefficient (Wildman–Crippen LogP) is 0.595. The topological polar surface area (TPSA) is 120 Å². The van der Waals surface area contributed by atoms with E-state index in [1.807, 2.05) is 11.6 Å². The molecule has 1 N–H and O–H groups in total. The van der Waals surface area contributed by atoms with E-state index in [1.54, 1.807) is 32.0 Å². The molecule has 2 aromatic rings. The molecule has 1 aliphatic rings. The van der Waals surface area contributed by atoms with Crippen LogP contribution in [0.25, 0.3) is 11.0 Å². The van der Waals surface area contributed by atoms with E-state index >= 15 is 0 Å². The lowest BCUT2D eigenvalue weighted by Crippen LogP contribution is -2.50. The number of carbonyl (C=O) groups is 2. The quantitative estimate of drug-likeness (QED) is 0.611. The largest absolute Gasteiger partial charge is 0.467 e. The van der Waals surface area contributed by atoms with Gasteiger partial charge in [0.25, 0.3) is 0 Å². The number of aryl methyl sites for hydroxylation is 2. The van der Waals surface area contributed by atoms with E-state index in [-0.39, 0.29) is 17.2 Å². The molecular weight excluding hydrogens is 424 g/mol. The normalized spacial score (nSPS) is 15.7. The van der Waals surface area contributed by atoms with Gasteiger partial charge in [-0.3, -0.25) is 4.79 Å². The van der Waals surface area contributed by atoms with E-state index in [4.69, 9.17) is 9.47 Å². The first kappa shape index (κ1) is 23.2. The van der Waals surface area contributed by atoms with Crippen LogP contribution >= 0.6 is 0 Å². The summed E-state index contributed by atoms with van der Waals surface area (Å²) in [7, 11) is -0.534. The number of sulfonamides is 1. The molecule has 11 heteroatoms. The van der Waals surface area contributed by atoms with Crippen molar-refractivity contribution in [2.75, 3.05) is 33.4 Å². The Labute approximate surface area is 181 Å². The van der Waals surface area contributed by atoms with Crippen molar-refractivity contribution in [2.24, 2.45) is 7.05 Å². The summed E-state index contributed by atoms with van der Waals surface area (Å²) >= 11 is 0. The van der Waals surface area contributed by atoms with Crippen molar-refractivity contribution in [3.05, 3.63) is 24.0 Å². The van der Waals surface area contributed by atoms with Crippen molar-refractivity contribution in [1.29, 1.82) is 0 Å². The van der Waals surface area contributed by atoms with Crippen LogP contribution in [0.4, 0.5) is 0 Å². The lowest BCUT2D eigenvalue weighted by atomic mass is 10.1. The van der Waals surface area contributed by atoms with E-state index in [9.17, 15) is 18.0 Å². The van der Waals surface area contributed by atoms with Crippen LogP contribution in [0.5, 0.6) is 0 Å². The predicted molar refractivity (Wildman–Crippen MR) is 113 cm³/mol. The molecule has 0 saturated carbocycles. The van der Waals surface area contributed by atoms with E-state index in [0.717, 1.165) is 5.52 Å². The van der Waals surface area contributed by atoms with E-state index < -0.39 is 21.5 Å². The first-order chi connectivity index (χ1) is 14.6. The zero-order valence-corrected chi connectivity index (χ0v) is 19.0. The number of esters is 1. The van der Waals surface area contributed by atoms with Gasteiger partial charge in [0.2, 0.25) is 15.9 Å². The fourth-order valence-electron chi connectivity index (χ4n) is 3.49. The molecule has 1 aliphatic heterocycles. The first-order valence-electron chi connectivity index (χ1n) is 9.99. The highest BCUT2D eigenvalue weighted by Gasteiger charge is 2.30. The number of nitrogens with zero attached hydrogens (tertiary/aromatic N) is 3. The van der Waals surface area contributed by atoms with Crippen LogP contribution in [-0.4, -0.2) is 73.1 Å². The Morgan fingerprint density at radius 2 is 1.94 bits per heavy atom. The number of amides is 1. The third-order valence-corrected chi connectivity index (χ3v) is 7.17. The van der Waals surface area contributed by atoms with Crippen LogP contribution in [0, 0.1) is 0 Å². The van der Waals surface area contributed by atoms with Crippen LogP contribution in [-0.2, 0) is 42.6 Å². The van der Waals surface area contributed by atoms with Crippen LogP contribution in [0.3, 0.4) is 0 Å². The number of hydrogen-bond acceptors (Lipinski definition) is 7. The number of carbonyl (C=O) groups excluding carboxylic acids is 2. The summed E-state index contributed by atoms with van der Waals surface area (Å²) in [6, 6.07) is 4.86. The molecule has 0 atom stereocenters. The summed E-state index contributed by atoms with van der Waals surface area (Å²) in [6.07, 6.45) is 0.455. The molecule has 1 fully saturated rings. The van der Waals surface area contributed by atoms with Gasteiger partial charge in [-0.1, -0.05) is 0 Å². The molecule has 1 aromatic carbocycles. The van der Waals surface area contributed by atoms with Crippen molar-refractivity contribution in [2.45, 2.75) is 37.1 Å². The highest BCUT2D eigenvalue weighted by Crippen LogP contribution is 2.23. The Bertz CT molecular complexity index is 1090. The van der Waals surface area contributed by atoms with Gasteiger partial charge in [0.1, 0.15) is 11.4 Å². The maximum absolute atomic E-state index is 12.9. The molecule has 0 spiro atoms. The smallest absolute Gasteiger partial charge is 0.330 e. The van der Waals surface area contributed by atoms with Crippen LogP contribution in [0.15, 0.2) is 23.1 Å². The number of benzene rings is 1. The second-order valence-electron chi connectivity index (χ2n) is 7.92. The average molecular weight is 453 g/mol. The number of nitrogens with one attached hydrogen (secondary N) is 1. The molecule has 31 heavy (non-hydrogen) atoms. The summed E-state index contributed by atoms with van der Waals surface area (Å²) in [5, 5.41) is 2.65. The lowest BCUT2D eigenvalue weighted by molar-refractivity contribution is -0.149. The molecule has 170 valence electrons. The molecule has 0 radical (unpaired) electrons. The molecule has 1 aromatic heterocycles. The minimum absolute atomic E-state index is 0.122. The lowest BCUT2D eigenvalue weighted by Gasteiger charge is -2.26. The average Bonchev–Trinajstić information content (AvgIpc) is 3.07. The van der Waals surface area contributed by atoms with Gasteiger partial charge in [0.15, 0.2) is 0 Å². The second kappa shape index (κ2) is 8.93. The number of morpholine rings is 1. The third-order valence-electron chi connectivity index (χ3n) is 5.28. The number of ether oxygens (including phenoxy) is 2. The number of hydrogen-bond donors (Lipinski definition) is 1. The van der Waals surface area contributed by atoms with Gasteiger partial charge in [-0.25, -0.2) is 18.2 Å². The molecule has 0 unspecified atom stereocenters.